The third-order valence-corrected chi connectivity index (χ3v) is 7.45. The zero-order chi connectivity index (χ0) is 22.3. The lowest BCUT2D eigenvalue weighted by molar-refractivity contribution is -0.157. The van der Waals surface area contributed by atoms with Crippen LogP contribution in [0.2, 0.25) is 0 Å². The Hall–Kier alpha value is -2.61. The quantitative estimate of drug-likeness (QED) is 0.729. The van der Waals surface area contributed by atoms with Gasteiger partial charge in [-0.25, -0.2) is 0 Å². The van der Waals surface area contributed by atoms with Gasteiger partial charge < -0.3 is 20.5 Å². The average molecular weight is 430 g/mol. The fourth-order valence-corrected chi connectivity index (χ4v) is 5.78. The SMILES string of the molecule is COc1cccc(C2CCCN(C(=O)C3C(C(=O)O)CC4(CC4C(N)=O)CN3C)C2)c1. The number of carbonyl (C=O) groups is 3. The van der Waals surface area contributed by atoms with Crippen molar-refractivity contribution < 1.29 is 24.2 Å². The molecule has 1 aromatic rings. The molecule has 3 N–H and O–H groups in total. The molecule has 0 aromatic heterocycles. The minimum absolute atomic E-state index is 0.131. The van der Waals surface area contributed by atoms with Crippen molar-refractivity contribution in [1.82, 2.24) is 9.80 Å². The summed E-state index contributed by atoms with van der Waals surface area (Å²) in [5, 5.41) is 9.92. The molecule has 1 aliphatic carbocycles. The van der Waals surface area contributed by atoms with Crippen LogP contribution >= 0.6 is 0 Å². The number of piperidine rings is 2. The fourth-order valence-electron chi connectivity index (χ4n) is 5.78. The second-order valence-corrected chi connectivity index (χ2v) is 9.43. The topological polar surface area (TPSA) is 113 Å². The van der Waals surface area contributed by atoms with Crippen LogP contribution in [0.15, 0.2) is 24.3 Å². The largest absolute Gasteiger partial charge is 0.497 e. The first-order valence-electron chi connectivity index (χ1n) is 10.9. The summed E-state index contributed by atoms with van der Waals surface area (Å²) in [6.45, 7) is 1.72. The summed E-state index contributed by atoms with van der Waals surface area (Å²) in [5.41, 5.74) is 6.22. The highest BCUT2D eigenvalue weighted by Crippen LogP contribution is 2.59. The standard InChI is InChI=1S/C23H31N3O5/c1-25-13-23(11-18(23)20(24)27)10-17(22(29)30)19(25)21(28)26-8-4-6-15(12-26)14-5-3-7-16(9-14)31-2/h3,5,7,9,15,17-19H,4,6,8,10-13H2,1-2H3,(H2,24,27)(H,29,30). The van der Waals surface area contributed by atoms with E-state index in [2.05, 4.69) is 6.07 Å². The van der Waals surface area contributed by atoms with Gasteiger partial charge >= 0.3 is 5.97 Å². The lowest BCUT2D eigenvalue weighted by Crippen LogP contribution is -2.59. The van der Waals surface area contributed by atoms with Crippen molar-refractivity contribution in [3.05, 3.63) is 29.8 Å². The van der Waals surface area contributed by atoms with Crippen LogP contribution in [0.4, 0.5) is 0 Å². The maximum Gasteiger partial charge on any atom is 0.308 e. The van der Waals surface area contributed by atoms with Crippen molar-refractivity contribution in [2.24, 2.45) is 23.0 Å². The molecular formula is C23H31N3O5. The Bertz CT molecular complexity index is 890. The third kappa shape index (κ3) is 4.01. The summed E-state index contributed by atoms with van der Waals surface area (Å²) in [4.78, 5) is 41.0. The molecule has 2 aliphatic heterocycles. The maximum absolute atomic E-state index is 13.5. The molecule has 1 aromatic carbocycles. The Morgan fingerprint density at radius 2 is 2.03 bits per heavy atom. The third-order valence-electron chi connectivity index (χ3n) is 7.45. The molecule has 2 heterocycles. The minimum atomic E-state index is -0.985. The number of methoxy groups -OCH3 is 1. The summed E-state index contributed by atoms with van der Waals surface area (Å²) in [6, 6.07) is 7.19. The fraction of sp³-hybridized carbons (Fsp3) is 0.609. The van der Waals surface area contributed by atoms with Crippen LogP contribution in [0.3, 0.4) is 0 Å². The highest BCUT2D eigenvalue weighted by molar-refractivity contribution is 5.89. The highest BCUT2D eigenvalue weighted by atomic mass is 16.5. The van der Waals surface area contributed by atoms with Crippen molar-refractivity contribution >= 4 is 17.8 Å². The van der Waals surface area contributed by atoms with Gasteiger partial charge in [-0.15, -0.1) is 0 Å². The number of carboxylic acids is 1. The Kier molecular flexibility index (Phi) is 5.68. The Balaban J connectivity index is 1.51. The normalized spacial score (nSPS) is 33.2. The van der Waals surface area contributed by atoms with Crippen LogP contribution in [-0.4, -0.2) is 72.5 Å². The van der Waals surface area contributed by atoms with Gasteiger partial charge in [-0.1, -0.05) is 12.1 Å². The number of hydrogen-bond donors (Lipinski definition) is 2. The molecule has 0 radical (unpaired) electrons. The first-order valence-corrected chi connectivity index (χ1v) is 10.9. The molecule has 0 bridgehead atoms. The molecule has 31 heavy (non-hydrogen) atoms. The first kappa shape index (κ1) is 21.6. The number of nitrogens with zero attached hydrogens (tertiary/aromatic N) is 2. The Morgan fingerprint density at radius 3 is 2.68 bits per heavy atom. The smallest absolute Gasteiger partial charge is 0.308 e. The number of benzene rings is 1. The summed E-state index contributed by atoms with van der Waals surface area (Å²) >= 11 is 0. The van der Waals surface area contributed by atoms with E-state index in [1.54, 1.807) is 14.2 Å². The van der Waals surface area contributed by atoms with Crippen molar-refractivity contribution in [1.29, 1.82) is 0 Å². The molecule has 3 fully saturated rings. The number of aliphatic carboxylic acids is 1. The van der Waals surface area contributed by atoms with E-state index in [0.29, 0.717) is 32.5 Å². The predicted molar refractivity (Wildman–Crippen MR) is 113 cm³/mol. The Morgan fingerprint density at radius 1 is 1.26 bits per heavy atom. The van der Waals surface area contributed by atoms with Gasteiger partial charge in [0.2, 0.25) is 11.8 Å². The number of rotatable bonds is 5. The number of ether oxygens (including phenoxy) is 1. The van der Waals surface area contributed by atoms with Crippen LogP contribution in [0.5, 0.6) is 5.75 Å². The van der Waals surface area contributed by atoms with Crippen molar-refractivity contribution in [3.8, 4) is 5.75 Å². The van der Waals surface area contributed by atoms with Crippen LogP contribution in [0.1, 0.15) is 37.2 Å². The number of primary amides is 1. The van der Waals surface area contributed by atoms with Crippen LogP contribution in [0, 0.1) is 17.3 Å². The van der Waals surface area contributed by atoms with E-state index in [1.165, 1.54) is 0 Å². The van der Waals surface area contributed by atoms with Crippen molar-refractivity contribution in [2.75, 3.05) is 33.8 Å². The molecule has 2 saturated heterocycles. The van der Waals surface area contributed by atoms with Gasteiger partial charge in [-0.2, -0.15) is 0 Å². The van der Waals surface area contributed by atoms with E-state index in [4.69, 9.17) is 10.5 Å². The van der Waals surface area contributed by atoms with E-state index in [0.717, 1.165) is 24.2 Å². The van der Waals surface area contributed by atoms with Crippen LogP contribution in [0.25, 0.3) is 0 Å². The summed E-state index contributed by atoms with van der Waals surface area (Å²) in [5.74, 6) is -1.64. The zero-order valence-corrected chi connectivity index (χ0v) is 18.1. The number of hydrogen-bond acceptors (Lipinski definition) is 5. The average Bonchev–Trinajstić information content (AvgIpc) is 3.46. The van der Waals surface area contributed by atoms with E-state index in [1.807, 2.05) is 28.0 Å². The van der Waals surface area contributed by atoms with Gasteiger partial charge in [0.25, 0.3) is 0 Å². The molecule has 5 unspecified atom stereocenters. The number of likely N-dealkylation sites (N-methyl/N-ethyl adjacent to an activating group) is 1. The molecule has 8 nitrogen and oxygen atoms in total. The van der Waals surface area contributed by atoms with Crippen LogP contribution < -0.4 is 10.5 Å². The molecule has 4 rings (SSSR count). The lowest BCUT2D eigenvalue weighted by Gasteiger charge is -2.44. The van der Waals surface area contributed by atoms with Crippen molar-refractivity contribution in [2.45, 2.75) is 37.6 Å². The van der Waals surface area contributed by atoms with E-state index < -0.39 is 23.3 Å². The number of amides is 2. The predicted octanol–water partition coefficient (Wildman–Crippen LogP) is 1.30. The van der Waals surface area contributed by atoms with Crippen molar-refractivity contribution in [3.63, 3.8) is 0 Å². The molecule has 168 valence electrons. The maximum atomic E-state index is 13.5. The number of likely N-dealkylation sites (tertiary alicyclic amines) is 2. The molecule has 1 spiro atoms. The minimum Gasteiger partial charge on any atom is -0.497 e. The van der Waals surface area contributed by atoms with Crippen LogP contribution in [-0.2, 0) is 14.4 Å². The summed E-state index contributed by atoms with van der Waals surface area (Å²) in [6.07, 6.45) is 2.78. The Labute approximate surface area is 182 Å². The summed E-state index contributed by atoms with van der Waals surface area (Å²) < 4.78 is 5.34. The van der Waals surface area contributed by atoms with E-state index >= 15 is 0 Å². The van der Waals surface area contributed by atoms with Gasteiger partial charge in [-0.3, -0.25) is 19.3 Å². The van der Waals surface area contributed by atoms with Gasteiger partial charge in [0.15, 0.2) is 0 Å². The second-order valence-electron chi connectivity index (χ2n) is 9.43. The van der Waals surface area contributed by atoms with Gasteiger partial charge in [0.05, 0.1) is 13.0 Å². The second kappa shape index (κ2) is 8.15. The van der Waals surface area contributed by atoms with Gasteiger partial charge in [0.1, 0.15) is 11.8 Å². The van der Waals surface area contributed by atoms with Gasteiger partial charge in [-0.05, 0) is 55.8 Å². The van der Waals surface area contributed by atoms with Gasteiger partial charge in [0, 0.05) is 31.5 Å². The number of carboxylic acid groups (broad SMARTS) is 1. The number of carbonyl (C=O) groups excluding carboxylic acids is 2. The monoisotopic (exact) mass is 429 g/mol. The first-order chi connectivity index (χ1) is 14.8. The van der Waals surface area contributed by atoms with E-state index in [-0.39, 0.29) is 23.7 Å². The molecule has 1 saturated carbocycles. The molecule has 3 aliphatic rings. The molecule has 5 atom stereocenters. The summed E-state index contributed by atoms with van der Waals surface area (Å²) in [7, 11) is 3.43. The number of nitrogens with two attached hydrogens (primary N) is 1. The zero-order valence-electron chi connectivity index (χ0n) is 18.1. The highest BCUT2D eigenvalue weighted by Gasteiger charge is 2.63. The molecule has 2 amide bonds. The molecule has 8 heteroatoms. The molecular weight excluding hydrogens is 398 g/mol. The van der Waals surface area contributed by atoms with E-state index in [9.17, 15) is 19.5 Å². The lowest BCUT2D eigenvalue weighted by atomic mass is 9.79.